The van der Waals surface area contributed by atoms with Crippen LogP contribution >= 0.6 is 0 Å². The van der Waals surface area contributed by atoms with Crippen molar-refractivity contribution < 1.29 is 4.74 Å². The van der Waals surface area contributed by atoms with Crippen molar-refractivity contribution in [2.75, 3.05) is 26.2 Å². The molecule has 2 aliphatic heterocycles. The molecule has 0 aliphatic carbocycles. The number of nitrogens with zero attached hydrogens (tertiary/aromatic N) is 1. The summed E-state index contributed by atoms with van der Waals surface area (Å²) in [6.45, 7) is 8.75. The molecule has 3 heteroatoms. The molecule has 3 unspecified atom stereocenters. The molecule has 1 N–H and O–H groups in total. The van der Waals surface area contributed by atoms with E-state index < -0.39 is 0 Å². The minimum Gasteiger partial charge on any atom is -0.492 e. The highest BCUT2D eigenvalue weighted by Crippen LogP contribution is 2.35. The molecule has 3 atom stereocenters. The van der Waals surface area contributed by atoms with E-state index in [-0.39, 0.29) is 0 Å². The first-order valence-electron chi connectivity index (χ1n) is 7.48. The summed E-state index contributed by atoms with van der Waals surface area (Å²) in [4.78, 5) is 2.61. The van der Waals surface area contributed by atoms with Gasteiger partial charge < -0.3 is 10.1 Å². The van der Waals surface area contributed by atoms with Gasteiger partial charge in [0, 0.05) is 12.1 Å². The third-order valence-corrected chi connectivity index (χ3v) is 4.40. The van der Waals surface area contributed by atoms with E-state index in [0.29, 0.717) is 12.1 Å². The quantitative estimate of drug-likeness (QED) is 0.903. The Kier molecular flexibility index (Phi) is 3.76. The lowest BCUT2D eigenvalue weighted by Crippen LogP contribution is -2.49. The largest absolute Gasteiger partial charge is 0.492 e. The van der Waals surface area contributed by atoms with E-state index in [2.05, 4.69) is 48.3 Å². The standard InChI is InChI=1S/C16H24N2O/c1-3-17-16-13-6-4-5-7-15(13)19-11-14(16)18-9-8-12(2)10-18/h4-7,12,14,16-17H,3,8-11H2,1-2H3. The number of hydrogen-bond acceptors (Lipinski definition) is 3. The van der Waals surface area contributed by atoms with Crippen LogP contribution in [0.4, 0.5) is 0 Å². The van der Waals surface area contributed by atoms with E-state index in [1.807, 2.05) is 0 Å². The van der Waals surface area contributed by atoms with E-state index in [0.717, 1.165) is 24.8 Å². The van der Waals surface area contributed by atoms with Gasteiger partial charge in [0.1, 0.15) is 12.4 Å². The van der Waals surface area contributed by atoms with Gasteiger partial charge in [-0.3, -0.25) is 4.90 Å². The predicted octanol–water partition coefficient (Wildman–Crippen LogP) is 2.44. The number of hydrogen-bond donors (Lipinski definition) is 1. The summed E-state index contributed by atoms with van der Waals surface area (Å²) in [6, 6.07) is 9.33. The van der Waals surface area contributed by atoms with Gasteiger partial charge in [-0.15, -0.1) is 0 Å². The predicted molar refractivity (Wildman–Crippen MR) is 77.5 cm³/mol. The molecule has 3 nitrogen and oxygen atoms in total. The summed E-state index contributed by atoms with van der Waals surface area (Å²) in [6.07, 6.45) is 1.32. The fourth-order valence-corrected chi connectivity index (χ4v) is 3.40. The van der Waals surface area contributed by atoms with Gasteiger partial charge in [0.2, 0.25) is 0 Å². The van der Waals surface area contributed by atoms with Crippen LogP contribution in [0.1, 0.15) is 31.9 Å². The molecule has 104 valence electrons. The summed E-state index contributed by atoms with van der Waals surface area (Å²) in [7, 11) is 0. The summed E-state index contributed by atoms with van der Waals surface area (Å²) >= 11 is 0. The fourth-order valence-electron chi connectivity index (χ4n) is 3.40. The Balaban J connectivity index is 1.85. The zero-order chi connectivity index (χ0) is 13.2. The lowest BCUT2D eigenvalue weighted by atomic mass is 9.95. The first-order valence-corrected chi connectivity index (χ1v) is 7.48. The summed E-state index contributed by atoms with van der Waals surface area (Å²) in [5.41, 5.74) is 1.32. The zero-order valence-electron chi connectivity index (χ0n) is 11.9. The Hall–Kier alpha value is -1.06. The Bertz CT molecular complexity index is 435. The van der Waals surface area contributed by atoms with Gasteiger partial charge >= 0.3 is 0 Å². The van der Waals surface area contributed by atoms with Crippen LogP contribution in [0.5, 0.6) is 5.75 Å². The first kappa shape index (κ1) is 12.9. The Morgan fingerprint density at radius 3 is 2.95 bits per heavy atom. The van der Waals surface area contributed by atoms with Crippen molar-refractivity contribution in [2.45, 2.75) is 32.4 Å². The number of para-hydroxylation sites is 1. The Morgan fingerprint density at radius 1 is 1.37 bits per heavy atom. The smallest absolute Gasteiger partial charge is 0.124 e. The van der Waals surface area contributed by atoms with E-state index in [9.17, 15) is 0 Å². The highest BCUT2D eigenvalue weighted by atomic mass is 16.5. The normalized spacial score (nSPS) is 30.9. The second kappa shape index (κ2) is 5.51. The molecule has 19 heavy (non-hydrogen) atoms. The highest BCUT2D eigenvalue weighted by Gasteiger charge is 2.36. The molecule has 0 aromatic heterocycles. The third-order valence-electron chi connectivity index (χ3n) is 4.40. The number of benzene rings is 1. The van der Waals surface area contributed by atoms with Crippen LogP contribution in [0, 0.1) is 5.92 Å². The van der Waals surface area contributed by atoms with E-state index in [1.165, 1.54) is 25.1 Å². The van der Waals surface area contributed by atoms with Crippen molar-refractivity contribution in [3.05, 3.63) is 29.8 Å². The lowest BCUT2D eigenvalue weighted by Gasteiger charge is -2.39. The van der Waals surface area contributed by atoms with E-state index in [4.69, 9.17) is 4.74 Å². The number of fused-ring (bicyclic) bond motifs is 1. The molecule has 0 bridgehead atoms. The van der Waals surface area contributed by atoms with Crippen molar-refractivity contribution in [3.63, 3.8) is 0 Å². The molecular weight excluding hydrogens is 236 g/mol. The van der Waals surface area contributed by atoms with Gasteiger partial charge in [-0.25, -0.2) is 0 Å². The van der Waals surface area contributed by atoms with Crippen LogP contribution in [0.25, 0.3) is 0 Å². The van der Waals surface area contributed by atoms with Crippen LogP contribution < -0.4 is 10.1 Å². The number of nitrogens with one attached hydrogen (secondary N) is 1. The van der Waals surface area contributed by atoms with Crippen LogP contribution in [-0.4, -0.2) is 37.2 Å². The maximum absolute atomic E-state index is 5.98. The average Bonchev–Trinajstić information content (AvgIpc) is 2.86. The number of rotatable bonds is 3. The number of ether oxygens (including phenoxy) is 1. The fraction of sp³-hybridized carbons (Fsp3) is 0.625. The third kappa shape index (κ3) is 2.49. The summed E-state index contributed by atoms with van der Waals surface area (Å²) in [5, 5.41) is 3.66. The molecule has 1 fully saturated rings. The molecule has 0 radical (unpaired) electrons. The van der Waals surface area contributed by atoms with Gasteiger partial charge in [0.05, 0.1) is 12.1 Å². The number of likely N-dealkylation sites (N-methyl/N-ethyl adjacent to an activating group) is 1. The molecule has 1 saturated heterocycles. The van der Waals surface area contributed by atoms with Crippen LogP contribution in [0.2, 0.25) is 0 Å². The van der Waals surface area contributed by atoms with Gasteiger partial charge in [-0.05, 0) is 31.5 Å². The zero-order valence-corrected chi connectivity index (χ0v) is 11.9. The summed E-state index contributed by atoms with van der Waals surface area (Å²) in [5.74, 6) is 1.87. The second-order valence-electron chi connectivity index (χ2n) is 5.84. The van der Waals surface area contributed by atoms with Crippen LogP contribution in [0.15, 0.2) is 24.3 Å². The molecule has 3 rings (SSSR count). The molecular formula is C16H24N2O. The summed E-state index contributed by atoms with van der Waals surface area (Å²) < 4.78 is 5.98. The first-order chi connectivity index (χ1) is 9.29. The van der Waals surface area contributed by atoms with Crippen LogP contribution in [0.3, 0.4) is 0 Å². The molecule has 1 aromatic rings. The van der Waals surface area contributed by atoms with Gasteiger partial charge in [-0.1, -0.05) is 32.0 Å². The van der Waals surface area contributed by atoms with E-state index in [1.54, 1.807) is 0 Å². The molecule has 0 saturated carbocycles. The Morgan fingerprint density at radius 2 is 2.21 bits per heavy atom. The maximum atomic E-state index is 5.98. The van der Waals surface area contributed by atoms with Crippen molar-refractivity contribution in [3.8, 4) is 5.75 Å². The van der Waals surface area contributed by atoms with Crippen molar-refractivity contribution in [2.24, 2.45) is 5.92 Å². The van der Waals surface area contributed by atoms with Crippen molar-refractivity contribution in [1.82, 2.24) is 10.2 Å². The van der Waals surface area contributed by atoms with Gasteiger partial charge in [-0.2, -0.15) is 0 Å². The Labute approximate surface area is 115 Å². The topological polar surface area (TPSA) is 24.5 Å². The molecule has 2 heterocycles. The molecule has 0 spiro atoms. The highest BCUT2D eigenvalue weighted by molar-refractivity contribution is 5.38. The molecule has 1 aromatic carbocycles. The monoisotopic (exact) mass is 260 g/mol. The minimum atomic E-state index is 0.403. The second-order valence-corrected chi connectivity index (χ2v) is 5.84. The lowest BCUT2D eigenvalue weighted by molar-refractivity contribution is 0.103. The van der Waals surface area contributed by atoms with Crippen LogP contribution in [-0.2, 0) is 0 Å². The van der Waals surface area contributed by atoms with E-state index >= 15 is 0 Å². The van der Waals surface area contributed by atoms with Crippen molar-refractivity contribution in [1.29, 1.82) is 0 Å². The van der Waals surface area contributed by atoms with Crippen molar-refractivity contribution >= 4 is 0 Å². The molecule has 2 aliphatic rings. The molecule has 0 amide bonds. The maximum Gasteiger partial charge on any atom is 0.124 e. The number of likely N-dealkylation sites (tertiary alicyclic amines) is 1. The SMILES string of the molecule is CCNC1c2ccccc2OCC1N1CCC(C)C1. The van der Waals surface area contributed by atoms with Gasteiger partial charge in [0.25, 0.3) is 0 Å². The minimum absolute atomic E-state index is 0.403. The van der Waals surface area contributed by atoms with Gasteiger partial charge in [0.15, 0.2) is 0 Å². The average molecular weight is 260 g/mol.